The van der Waals surface area contributed by atoms with E-state index in [0.717, 1.165) is 16.9 Å². The molecule has 0 aromatic heterocycles. The summed E-state index contributed by atoms with van der Waals surface area (Å²) in [5.41, 5.74) is 1.80. The van der Waals surface area contributed by atoms with Crippen molar-refractivity contribution >= 4 is 70.5 Å². The Morgan fingerprint density at radius 3 is 1.97 bits per heavy atom. The topological polar surface area (TPSA) is 49.7 Å². The highest BCUT2D eigenvalue weighted by atomic mass is 35.9. The second kappa shape index (κ2) is 12.0. The van der Waals surface area contributed by atoms with Crippen molar-refractivity contribution in [3.05, 3.63) is 59.7 Å². The predicted octanol–water partition coefficient (Wildman–Crippen LogP) is 5.90. The van der Waals surface area contributed by atoms with Crippen molar-refractivity contribution in [2.24, 2.45) is 10.2 Å². The van der Waals surface area contributed by atoms with Gasteiger partial charge in [0, 0.05) is 14.1 Å². The van der Waals surface area contributed by atoms with Crippen molar-refractivity contribution in [3.63, 3.8) is 0 Å². The number of ether oxygens (including phenoxy) is 1. The molecule has 162 valence electrons. The molecule has 30 heavy (non-hydrogen) atoms. The minimum Gasteiger partial charge on any atom is -0.494 e. The number of nitrogens with zero attached hydrogens (tertiary/aromatic N) is 4. The zero-order valence-corrected chi connectivity index (χ0v) is 21.6. The Labute approximate surface area is 197 Å². The highest BCUT2D eigenvalue weighted by Gasteiger charge is 2.12. The number of hydrogen-bond donors (Lipinski definition) is 0. The molecule has 0 bridgehead atoms. The summed E-state index contributed by atoms with van der Waals surface area (Å²) in [7, 11) is 1.69. The first-order valence-electron chi connectivity index (χ1n) is 8.79. The normalized spacial score (nSPS) is 12.8. The molecule has 0 aliphatic rings. The Balaban J connectivity index is 1.91. The monoisotopic (exact) mass is 522 g/mol. The highest BCUT2D eigenvalue weighted by Crippen LogP contribution is 2.59. The number of hydrogen-bond acceptors (Lipinski definition) is 6. The molecule has 0 heterocycles. The number of benzene rings is 2. The lowest BCUT2D eigenvalue weighted by atomic mass is 10.2. The molecule has 0 radical (unpaired) electrons. The molecule has 6 nitrogen and oxygen atoms in total. The first kappa shape index (κ1) is 25.1. The fourth-order valence-electron chi connectivity index (χ4n) is 2.02. The van der Waals surface area contributed by atoms with Gasteiger partial charge >= 0.3 is 0 Å². The Morgan fingerprint density at radius 1 is 0.967 bits per heavy atom. The minimum absolute atomic E-state index is 0.636. The Bertz CT molecular complexity index is 954. The lowest BCUT2D eigenvalue weighted by Gasteiger charge is -2.17. The van der Waals surface area contributed by atoms with Crippen molar-refractivity contribution in [2.75, 3.05) is 20.7 Å². The van der Waals surface area contributed by atoms with Crippen LogP contribution in [0.2, 0.25) is 0 Å². The van der Waals surface area contributed by atoms with Gasteiger partial charge in [0.05, 0.1) is 19.0 Å². The second-order valence-corrected chi connectivity index (χ2v) is 16.0. The van der Waals surface area contributed by atoms with Crippen molar-refractivity contribution in [2.45, 2.75) is 6.92 Å². The lowest BCUT2D eigenvalue weighted by Crippen LogP contribution is -2.03. The fourth-order valence-corrected chi connectivity index (χ4v) is 3.60. The van der Waals surface area contributed by atoms with Crippen LogP contribution >= 0.6 is 34.5 Å². The van der Waals surface area contributed by atoms with Crippen LogP contribution in [0.25, 0.3) is 0 Å². The third-order valence-electron chi connectivity index (χ3n) is 3.63. The van der Waals surface area contributed by atoms with Gasteiger partial charge in [-0.1, -0.05) is 0 Å². The van der Waals surface area contributed by atoms with E-state index in [1.165, 1.54) is 4.78 Å². The van der Waals surface area contributed by atoms with Crippen LogP contribution in [0.1, 0.15) is 18.1 Å². The van der Waals surface area contributed by atoms with E-state index in [1.807, 2.05) is 55.5 Å². The summed E-state index contributed by atoms with van der Waals surface area (Å²) >= 11 is 22.3. The van der Waals surface area contributed by atoms with Crippen molar-refractivity contribution in [1.82, 2.24) is 9.56 Å². The molecule has 2 aromatic carbocycles. The molecule has 0 amide bonds. The van der Waals surface area contributed by atoms with Gasteiger partial charge in [-0.15, -0.1) is 0 Å². The average Bonchev–Trinajstić information content (AvgIpc) is 2.71. The molecule has 0 aliphatic carbocycles. The molecule has 0 spiro atoms. The van der Waals surface area contributed by atoms with Crippen LogP contribution in [0.15, 0.2) is 58.7 Å². The Kier molecular flexibility index (Phi) is 10.1. The summed E-state index contributed by atoms with van der Waals surface area (Å²) in [5.74, 6) is 1.49. The molecule has 0 saturated carbocycles. The molecule has 0 fully saturated rings. The van der Waals surface area contributed by atoms with E-state index >= 15 is 0 Å². The summed E-state index contributed by atoms with van der Waals surface area (Å²) in [6.07, 6.45) is 3.37. The molecule has 0 saturated heterocycles. The average molecular weight is 523 g/mol. The van der Waals surface area contributed by atoms with Gasteiger partial charge in [-0.05, 0) is 113 Å². The zero-order chi connectivity index (χ0) is 22.1. The third kappa shape index (κ3) is 8.54. The van der Waals surface area contributed by atoms with E-state index in [2.05, 4.69) is 10.2 Å². The second-order valence-electron chi connectivity index (χ2n) is 5.88. The largest absolute Gasteiger partial charge is 0.494 e. The number of hydrazone groups is 2. The van der Waals surface area contributed by atoms with Gasteiger partial charge in [0.15, 0.2) is 0 Å². The molecule has 0 N–H and O–H groups in total. The van der Waals surface area contributed by atoms with Crippen LogP contribution in [0.4, 0.5) is 0 Å². The van der Waals surface area contributed by atoms with Crippen LogP contribution in [0.3, 0.4) is 0 Å². The van der Waals surface area contributed by atoms with Gasteiger partial charge in [0.25, 0.3) is 0 Å². The van der Waals surface area contributed by atoms with Crippen LogP contribution in [0, 0.1) is 0 Å². The Morgan fingerprint density at radius 2 is 1.47 bits per heavy atom. The van der Waals surface area contributed by atoms with Gasteiger partial charge in [-0.25, -0.2) is 9.56 Å². The third-order valence-corrected chi connectivity index (χ3v) is 8.53. The molecule has 1 unspecified atom stereocenters. The first-order valence-corrected chi connectivity index (χ1v) is 15.8. The maximum absolute atomic E-state index is 5.90. The quantitative estimate of drug-likeness (QED) is 0.220. The van der Waals surface area contributed by atoms with Crippen molar-refractivity contribution in [1.29, 1.82) is 0 Å². The summed E-state index contributed by atoms with van der Waals surface area (Å²) < 4.78 is 14.3. The highest BCUT2D eigenvalue weighted by molar-refractivity contribution is 8.37. The van der Waals surface area contributed by atoms with Gasteiger partial charge in [0.1, 0.15) is 11.5 Å². The van der Waals surface area contributed by atoms with Crippen LogP contribution in [-0.2, 0) is 23.6 Å². The molecule has 0 aliphatic heterocycles. The first-order chi connectivity index (χ1) is 14.2. The number of rotatable bonds is 10. The molecular formula is C18H22Cl2N4O2P2S2. The summed E-state index contributed by atoms with van der Waals surface area (Å²) in [5, 5.41) is 8.53. The smallest absolute Gasteiger partial charge is 0.222 e. The predicted molar refractivity (Wildman–Crippen MR) is 137 cm³/mol. The van der Waals surface area contributed by atoms with E-state index in [0.29, 0.717) is 12.4 Å². The summed E-state index contributed by atoms with van der Waals surface area (Å²) in [6.45, 7) is 2.59. The maximum atomic E-state index is 5.90. The van der Waals surface area contributed by atoms with Crippen molar-refractivity contribution < 1.29 is 9.26 Å². The molecule has 1 atom stereocenters. The molecule has 12 heteroatoms. The zero-order valence-electron chi connectivity index (χ0n) is 16.6. The van der Waals surface area contributed by atoms with Gasteiger partial charge < -0.3 is 9.26 Å². The number of halogens is 2. The van der Waals surface area contributed by atoms with E-state index in [4.69, 9.17) is 55.4 Å². The van der Waals surface area contributed by atoms with Gasteiger partial charge in [-0.2, -0.15) is 10.2 Å². The maximum Gasteiger partial charge on any atom is 0.222 e. The molecule has 2 rings (SSSR count). The van der Waals surface area contributed by atoms with E-state index in [9.17, 15) is 0 Å². The van der Waals surface area contributed by atoms with Crippen LogP contribution < -0.4 is 9.26 Å². The van der Waals surface area contributed by atoms with Gasteiger partial charge in [-0.3, -0.25) is 0 Å². The minimum atomic E-state index is -2.61. The Hall–Kier alpha value is -1.14. The standard InChI is InChI=1S/C18H22Cl2N4O2P2S2/c1-4-25-17-9-5-15(6-10-17)13-21-23(2)27(29)26-18-11-7-16(8-12-18)14-22-24(3)28(19,20)30/h5-14,27H,4H2,1-3H3/b21-13+,22-14+. The van der Waals surface area contributed by atoms with E-state index < -0.39 is 12.0 Å². The van der Waals surface area contributed by atoms with E-state index in [-0.39, 0.29) is 0 Å². The van der Waals surface area contributed by atoms with Crippen LogP contribution in [0.5, 0.6) is 11.5 Å². The van der Waals surface area contributed by atoms with Gasteiger partial charge in [0.2, 0.25) is 12.0 Å². The summed E-state index contributed by atoms with van der Waals surface area (Å²) in [4.78, 5) is -2.61. The van der Waals surface area contributed by atoms with Crippen molar-refractivity contribution in [3.8, 4) is 11.5 Å². The molecular weight excluding hydrogens is 501 g/mol. The molecule has 2 aromatic rings. The lowest BCUT2D eigenvalue weighted by molar-refractivity contribution is 0.340. The SMILES string of the molecule is CCOc1ccc(/C=N/N(C)[PH](=S)Oc2ccc(/C=N/N(C)P(=S)(Cl)Cl)cc2)cc1. The van der Waals surface area contributed by atoms with E-state index in [1.54, 1.807) is 31.3 Å². The fraction of sp³-hybridized carbons (Fsp3) is 0.222. The summed E-state index contributed by atoms with van der Waals surface area (Å²) in [6, 6.07) is 15.0. The van der Waals surface area contributed by atoms with Crippen LogP contribution in [-0.4, -0.2) is 42.7 Å².